The van der Waals surface area contributed by atoms with E-state index in [9.17, 15) is 0 Å². The van der Waals surface area contributed by atoms with E-state index in [1.165, 1.54) is 18.5 Å². The molecule has 1 aliphatic rings. The summed E-state index contributed by atoms with van der Waals surface area (Å²) in [6, 6.07) is 0. The van der Waals surface area contributed by atoms with Crippen LogP contribution in [0.15, 0.2) is 0 Å². The summed E-state index contributed by atoms with van der Waals surface area (Å²) < 4.78 is 5.53. The monoisotopic (exact) mass is 209 g/mol. The van der Waals surface area contributed by atoms with Gasteiger partial charge < -0.3 is 10.5 Å². The predicted octanol–water partition coefficient (Wildman–Crippen LogP) is 1.66. The van der Waals surface area contributed by atoms with Crippen LogP contribution in [0.25, 0.3) is 0 Å². The molecule has 84 valence electrons. The second-order valence-corrected chi connectivity index (χ2v) is 4.33. The molecule has 1 saturated carbocycles. The predicted molar refractivity (Wildman–Crippen MR) is 59.6 cm³/mol. The molecule has 0 atom stereocenters. The van der Waals surface area contributed by atoms with Crippen molar-refractivity contribution in [1.29, 1.82) is 0 Å². The van der Waals surface area contributed by atoms with Crippen molar-refractivity contribution in [2.45, 2.75) is 39.2 Å². The third-order valence-corrected chi connectivity index (χ3v) is 3.24. The van der Waals surface area contributed by atoms with Crippen LogP contribution in [0.2, 0.25) is 0 Å². The molecule has 0 radical (unpaired) electrons. The molecule has 0 saturated heterocycles. The van der Waals surface area contributed by atoms with Crippen LogP contribution in [0.3, 0.4) is 0 Å². The van der Waals surface area contributed by atoms with Gasteiger partial charge in [-0.05, 0) is 39.0 Å². The first-order valence-corrected chi connectivity index (χ1v) is 5.61. The highest BCUT2D eigenvalue weighted by atomic mass is 16.5. The van der Waals surface area contributed by atoms with Crippen molar-refractivity contribution in [3.63, 3.8) is 0 Å². The SMILES string of the molecule is CCOC1CC(Cc2[nH]nc(N)c2C)C1. The van der Waals surface area contributed by atoms with E-state index < -0.39 is 0 Å². The summed E-state index contributed by atoms with van der Waals surface area (Å²) in [5, 5.41) is 7.01. The van der Waals surface area contributed by atoms with E-state index in [-0.39, 0.29) is 0 Å². The molecule has 15 heavy (non-hydrogen) atoms. The molecule has 0 aliphatic heterocycles. The van der Waals surface area contributed by atoms with Gasteiger partial charge in [0.05, 0.1) is 6.10 Å². The molecule has 0 spiro atoms. The number of aromatic nitrogens is 2. The zero-order valence-electron chi connectivity index (χ0n) is 9.42. The Labute approximate surface area is 90.2 Å². The van der Waals surface area contributed by atoms with E-state index >= 15 is 0 Å². The Balaban J connectivity index is 1.82. The van der Waals surface area contributed by atoms with Gasteiger partial charge in [0.2, 0.25) is 0 Å². The topological polar surface area (TPSA) is 63.9 Å². The van der Waals surface area contributed by atoms with Crippen molar-refractivity contribution in [2.24, 2.45) is 5.92 Å². The highest BCUT2D eigenvalue weighted by Gasteiger charge is 2.30. The molecule has 1 aromatic rings. The van der Waals surface area contributed by atoms with Gasteiger partial charge in [-0.25, -0.2) is 0 Å². The third-order valence-electron chi connectivity index (χ3n) is 3.24. The molecule has 1 fully saturated rings. The first-order valence-electron chi connectivity index (χ1n) is 5.61. The van der Waals surface area contributed by atoms with Crippen molar-refractivity contribution in [2.75, 3.05) is 12.3 Å². The summed E-state index contributed by atoms with van der Waals surface area (Å²) in [6.45, 7) is 4.90. The normalized spacial score (nSPS) is 25.2. The van der Waals surface area contributed by atoms with Gasteiger partial charge in [0.25, 0.3) is 0 Å². The van der Waals surface area contributed by atoms with Gasteiger partial charge in [-0.3, -0.25) is 5.10 Å². The summed E-state index contributed by atoms with van der Waals surface area (Å²) in [4.78, 5) is 0. The van der Waals surface area contributed by atoms with Crippen LogP contribution < -0.4 is 5.73 Å². The van der Waals surface area contributed by atoms with Gasteiger partial charge in [-0.15, -0.1) is 0 Å². The molecule has 4 heteroatoms. The highest BCUT2D eigenvalue weighted by molar-refractivity contribution is 5.40. The molecule has 0 bridgehead atoms. The molecule has 0 aromatic carbocycles. The van der Waals surface area contributed by atoms with Gasteiger partial charge in [0.15, 0.2) is 0 Å². The van der Waals surface area contributed by atoms with Crippen LogP contribution in [-0.2, 0) is 11.2 Å². The molecule has 1 aliphatic carbocycles. The Hall–Kier alpha value is -1.03. The van der Waals surface area contributed by atoms with Crippen LogP contribution in [-0.4, -0.2) is 22.9 Å². The Morgan fingerprint density at radius 3 is 2.80 bits per heavy atom. The fourth-order valence-corrected chi connectivity index (χ4v) is 2.15. The van der Waals surface area contributed by atoms with E-state index in [0.717, 1.165) is 24.5 Å². The van der Waals surface area contributed by atoms with Crippen molar-refractivity contribution in [3.05, 3.63) is 11.3 Å². The molecule has 2 rings (SSSR count). The summed E-state index contributed by atoms with van der Waals surface area (Å²) in [5.74, 6) is 1.37. The van der Waals surface area contributed by atoms with Crippen LogP contribution >= 0.6 is 0 Å². The largest absolute Gasteiger partial charge is 0.382 e. The highest BCUT2D eigenvalue weighted by Crippen LogP contribution is 2.33. The van der Waals surface area contributed by atoms with Gasteiger partial charge in [-0.1, -0.05) is 0 Å². The minimum Gasteiger partial charge on any atom is -0.382 e. The minimum absolute atomic E-state index is 0.487. The van der Waals surface area contributed by atoms with Crippen LogP contribution in [0.4, 0.5) is 5.82 Å². The smallest absolute Gasteiger partial charge is 0.148 e. The number of hydrogen-bond acceptors (Lipinski definition) is 3. The van der Waals surface area contributed by atoms with Gasteiger partial charge in [-0.2, -0.15) is 5.10 Å². The summed E-state index contributed by atoms with van der Waals surface area (Å²) >= 11 is 0. The Bertz CT molecular complexity index is 329. The number of nitrogen functional groups attached to an aromatic ring is 1. The first kappa shape index (κ1) is 10.5. The summed E-state index contributed by atoms with van der Waals surface area (Å²) in [7, 11) is 0. The van der Waals surface area contributed by atoms with E-state index in [0.29, 0.717) is 11.9 Å². The fourth-order valence-electron chi connectivity index (χ4n) is 2.15. The number of ether oxygens (including phenoxy) is 1. The maximum atomic E-state index is 5.68. The first-order chi connectivity index (χ1) is 7.20. The standard InChI is InChI=1S/C11H19N3O/c1-3-15-9-4-8(5-9)6-10-7(2)11(12)14-13-10/h8-9H,3-6H2,1-2H3,(H3,12,13,14). The number of anilines is 1. The van der Waals surface area contributed by atoms with Crippen LogP contribution in [0.1, 0.15) is 31.0 Å². The number of nitrogens with two attached hydrogens (primary N) is 1. The second kappa shape index (κ2) is 4.23. The van der Waals surface area contributed by atoms with E-state index in [1.807, 2.05) is 13.8 Å². The molecule has 0 unspecified atom stereocenters. The fraction of sp³-hybridized carbons (Fsp3) is 0.727. The van der Waals surface area contributed by atoms with Gasteiger partial charge >= 0.3 is 0 Å². The minimum atomic E-state index is 0.487. The lowest BCUT2D eigenvalue weighted by Gasteiger charge is -2.34. The Morgan fingerprint density at radius 1 is 1.53 bits per heavy atom. The van der Waals surface area contributed by atoms with Gasteiger partial charge in [0, 0.05) is 17.9 Å². The lowest BCUT2D eigenvalue weighted by atomic mass is 9.79. The Kier molecular flexibility index (Phi) is 2.95. The summed E-state index contributed by atoms with van der Waals surface area (Å²) in [5.41, 5.74) is 7.98. The average Bonchev–Trinajstić information content (AvgIpc) is 2.46. The quantitative estimate of drug-likeness (QED) is 0.792. The number of hydrogen-bond donors (Lipinski definition) is 2. The van der Waals surface area contributed by atoms with Gasteiger partial charge in [0.1, 0.15) is 5.82 Å². The number of nitrogens with zero attached hydrogens (tertiary/aromatic N) is 1. The molecular weight excluding hydrogens is 190 g/mol. The van der Waals surface area contributed by atoms with Crippen molar-refractivity contribution in [3.8, 4) is 0 Å². The molecule has 4 nitrogen and oxygen atoms in total. The van der Waals surface area contributed by atoms with Crippen molar-refractivity contribution < 1.29 is 4.74 Å². The van der Waals surface area contributed by atoms with E-state index in [1.54, 1.807) is 0 Å². The zero-order valence-corrected chi connectivity index (χ0v) is 9.42. The lowest BCUT2D eigenvalue weighted by Crippen LogP contribution is -2.32. The summed E-state index contributed by atoms with van der Waals surface area (Å²) in [6.07, 6.45) is 3.89. The number of nitrogens with one attached hydrogen (secondary N) is 1. The van der Waals surface area contributed by atoms with Crippen molar-refractivity contribution in [1.82, 2.24) is 10.2 Å². The van der Waals surface area contributed by atoms with E-state index in [4.69, 9.17) is 10.5 Å². The van der Waals surface area contributed by atoms with Crippen molar-refractivity contribution >= 4 is 5.82 Å². The van der Waals surface area contributed by atoms with Crippen LogP contribution in [0.5, 0.6) is 0 Å². The number of aromatic amines is 1. The maximum Gasteiger partial charge on any atom is 0.148 e. The Morgan fingerprint density at radius 2 is 2.27 bits per heavy atom. The second-order valence-electron chi connectivity index (χ2n) is 4.33. The number of H-pyrrole nitrogens is 1. The van der Waals surface area contributed by atoms with E-state index in [2.05, 4.69) is 10.2 Å². The average molecular weight is 209 g/mol. The number of rotatable bonds is 4. The van der Waals surface area contributed by atoms with Crippen LogP contribution in [0, 0.1) is 12.8 Å². The molecule has 1 heterocycles. The zero-order chi connectivity index (χ0) is 10.8. The molecule has 0 amide bonds. The maximum absolute atomic E-state index is 5.68. The molecular formula is C11H19N3O. The third kappa shape index (κ3) is 2.15. The lowest BCUT2D eigenvalue weighted by molar-refractivity contribution is -0.0243. The molecule has 1 aromatic heterocycles. The molecule has 3 N–H and O–H groups in total.